The average molecular weight is 443 g/mol. The summed E-state index contributed by atoms with van der Waals surface area (Å²) in [6, 6.07) is 2.54. The minimum Gasteiger partial charge on any atom is -0.363 e. The first-order valence-corrected chi connectivity index (χ1v) is 9.25. The van der Waals surface area contributed by atoms with E-state index in [0.717, 1.165) is 17.7 Å². The molecule has 0 amide bonds. The second-order valence-electron chi connectivity index (χ2n) is 6.90. The Morgan fingerprint density at radius 3 is 2.83 bits per heavy atom. The summed E-state index contributed by atoms with van der Waals surface area (Å²) in [6.07, 6.45) is -3.57. The van der Waals surface area contributed by atoms with E-state index in [1.807, 2.05) is 4.90 Å². The van der Waals surface area contributed by atoms with Crippen LogP contribution in [0.25, 0.3) is 0 Å². The van der Waals surface area contributed by atoms with Crippen molar-refractivity contribution in [2.45, 2.75) is 18.8 Å². The number of aromatic nitrogens is 2. The van der Waals surface area contributed by atoms with Gasteiger partial charge in [0.15, 0.2) is 6.17 Å². The van der Waals surface area contributed by atoms with E-state index >= 15 is 0 Å². The minimum atomic E-state index is -4.72. The van der Waals surface area contributed by atoms with Gasteiger partial charge in [-0.25, -0.2) is 9.49 Å². The van der Waals surface area contributed by atoms with E-state index < -0.39 is 29.3 Å². The Bertz CT molecular complexity index is 1110. The molecule has 2 aliphatic rings. The predicted octanol–water partition coefficient (Wildman–Crippen LogP) is 3.97. The van der Waals surface area contributed by atoms with Gasteiger partial charge in [-0.05, 0) is 24.6 Å². The van der Waals surface area contributed by atoms with Crippen LogP contribution in [-0.2, 0) is 6.18 Å². The Morgan fingerprint density at radius 2 is 2.10 bits per heavy atom. The molecule has 0 aliphatic carbocycles. The molecule has 0 radical (unpaired) electrons. The first-order valence-electron chi connectivity index (χ1n) is 8.87. The van der Waals surface area contributed by atoms with Gasteiger partial charge in [0.25, 0.3) is 5.56 Å². The second kappa shape index (κ2) is 7.38. The number of likely N-dealkylation sites (N-methyl/N-ethyl adjacent to an activating group) is 1. The quantitative estimate of drug-likeness (QED) is 0.730. The molecule has 0 fully saturated rings. The van der Waals surface area contributed by atoms with Crippen molar-refractivity contribution in [2.24, 2.45) is 10.2 Å². The van der Waals surface area contributed by atoms with Crippen molar-refractivity contribution in [3.8, 4) is 0 Å². The Balaban J connectivity index is 1.62. The van der Waals surface area contributed by atoms with E-state index in [9.17, 15) is 22.4 Å². The summed E-state index contributed by atoms with van der Waals surface area (Å²) in [5.74, 6) is -0.968. The zero-order valence-electron chi connectivity index (χ0n) is 15.5. The molecule has 1 atom stereocenters. The van der Waals surface area contributed by atoms with Crippen LogP contribution in [0.3, 0.4) is 0 Å². The summed E-state index contributed by atoms with van der Waals surface area (Å²) in [7, 11) is 1.46. The fourth-order valence-electron chi connectivity index (χ4n) is 3.62. The van der Waals surface area contributed by atoms with Crippen LogP contribution in [-0.4, -0.2) is 36.5 Å². The second-order valence-corrected chi connectivity index (χ2v) is 7.28. The molecule has 1 N–H and O–H groups in total. The molecule has 2 aromatic rings. The zero-order valence-corrected chi connectivity index (χ0v) is 16.3. The number of nitrogens with one attached hydrogen (secondary N) is 1. The summed E-state index contributed by atoms with van der Waals surface area (Å²) >= 11 is 6.06. The fourth-order valence-corrected chi connectivity index (χ4v) is 3.83. The number of H-pyrrole nitrogens is 1. The van der Waals surface area contributed by atoms with E-state index in [-0.39, 0.29) is 17.3 Å². The Hall–Kier alpha value is -2.95. The molecule has 7 nitrogen and oxygen atoms in total. The van der Waals surface area contributed by atoms with Crippen LogP contribution in [0.15, 0.2) is 50.7 Å². The van der Waals surface area contributed by atoms with E-state index in [1.54, 1.807) is 0 Å². The monoisotopic (exact) mass is 442 g/mol. The van der Waals surface area contributed by atoms with Gasteiger partial charge in [-0.3, -0.25) is 4.79 Å². The van der Waals surface area contributed by atoms with Gasteiger partial charge >= 0.3 is 6.18 Å². The van der Waals surface area contributed by atoms with Gasteiger partial charge in [0.2, 0.25) is 0 Å². The molecule has 1 aromatic heterocycles. The molecule has 30 heavy (non-hydrogen) atoms. The number of anilines is 2. The van der Waals surface area contributed by atoms with Crippen LogP contribution >= 0.6 is 11.6 Å². The summed E-state index contributed by atoms with van der Waals surface area (Å²) in [5.41, 5.74) is 0.0108. The maximum Gasteiger partial charge on any atom is 0.418 e. The third-order valence-electron chi connectivity index (χ3n) is 5.09. The van der Waals surface area contributed by atoms with Crippen molar-refractivity contribution < 1.29 is 17.6 Å². The molecule has 4 rings (SSSR count). The molecule has 0 saturated heterocycles. The number of rotatable bonds is 3. The number of aromatic amines is 1. The van der Waals surface area contributed by atoms with E-state index in [4.69, 9.17) is 11.6 Å². The van der Waals surface area contributed by atoms with Crippen molar-refractivity contribution in [1.82, 2.24) is 10.2 Å². The smallest absolute Gasteiger partial charge is 0.363 e. The summed E-state index contributed by atoms with van der Waals surface area (Å²) < 4.78 is 53.7. The van der Waals surface area contributed by atoms with Crippen molar-refractivity contribution in [1.29, 1.82) is 0 Å². The lowest BCUT2D eigenvalue weighted by atomic mass is 10.0. The molecule has 1 unspecified atom stereocenters. The highest BCUT2D eigenvalue weighted by molar-refractivity contribution is 6.33. The molecule has 0 bridgehead atoms. The Morgan fingerprint density at radius 1 is 1.33 bits per heavy atom. The number of hydrogen-bond acceptors (Lipinski definition) is 6. The molecule has 1 aromatic carbocycles. The maximum atomic E-state index is 13.4. The van der Waals surface area contributed by atoms with E-state index in [0.29, 0.717) is 30.4 Å². The zero-order chi connectivity index (χ0) is 21.6. The van der Waals surface area contributed by atoms with Gasteiger partial charge in [-0.1, -0.05) is 11.6 Å². The first kappa shape index (κ1) is 20.3. The highest BCUT2D eigenvalue weighted by Crippen LogP contribution is 2.40. The van der Waals surface area contributed by atoms with Gasteiger partial charge in [-0.2, -0.15) is 28.5 Å². The topological polar surface area (TPSA) is 77.0 Å². The normalized spacial score (nSPS) is 18.7. The van der Waals surface area contributed by atoms with Crippen LogP contribution in [0, 0.1) is 5.82 Å². The van der Waals surface area contributed by atoms with Crippen LogP contribution in [0.5, 0.6) is 0 Å². The Kier molecular flexibility index (Phi) is 5.00. The fraction of sp³-hybridized carbons (Fsp3) is 0.333. The molecule has 0 spiro atoms. The molecule has 0 saturated carbocycles. The molecule has 158 valence electrons. The van der Waals surface area contributed by atoms with Crippen molar-refractivity contribution in [2.75, 3.05) is 29.9 Å². The highest BCUT2D eigenvalue weighted by Gasteiger charge is 2.38. The third-order valence-corrected chi connectivity index (χ3v) is 5.46. The lowest BCUT2D eigenvalue weighted by Gasteiger charge is -2.33. The van der Waals surface area contributed by atoms with Gasteiger partial charge in [0.05, 0.1) is 35.4 Å². The lowest BCUT2D eigenvalue weighted by molar-refractivity contribution is -0.137. The van der Waals surface area contributed by atoms with E-state index in [1.165, 1.54) is 18.1 Å². The van der Waals surface area contributed by atoms with Gasteiger partial charge in [0, 0.05) is 19.2 Å². The maximum absolute atomic E-state index is 13.4. The first-order chi connectivity index (χ1) is 14.2. The summed E-state index contributed by atoms with van der Waals surface area (Å²) in [6.45, 7) is 0.734. The van der Waals surface area contributed by atoms with Crippen LogP contribution in [0.2, 0.25) is 5.02 Å². The summed E-state index contributed by atoms with van der Waals surface area (Å²) in [4.78, 5) is 14.8. The van der Waals surface area contributed by atoms with Gasteiger partial charge < -0.3 is 9.80 Å². The molecular formula is C18H15ClF4N6O. The number of alkyl halides is 3. The van der Waals surface area contributed by atoms with Crippen molar-refractivity contribution in [3.05, 3.63) is 62.4 Å². The molecule has 12 heteroatoms. The average Bonchev–Trinajstić information content (AvgIpc) is 3.12. The largest absolute Gasteiger partial charge is 0.418 e. The number of benzene rings is 1. The van der Waals surface area contributed by atoms with Crippen molar-refractivity contribution >= 4 is 23.0 Å². The third kappa shape index (κ3) is 3.53. The predicted molar refractivity (Wildman–Crippen MR) is 102 cm³/mol. The molecule has 3 heterocycles. The SMILES string of the molecule is CN(c1ccc(F)cc1C(F)(F)F)C1N=NC2=C1CCN(c1cn[nH]c(=O)c1Cl)C2. The van der Waals surface area contributed by atoms with Crippen molar-refractivity contribution in [3.63, 3.8) is 0 Å². The highest BCUT2D eigenvalue weighted by atomic mass is 35.5. The molecule has 2 aliphatic heterocycles. The number of nitrogens with zero attached hydrogens (tertiary/aromatic N) is 5. The minimum absolute atomic E-state index is 0.00113. The number of azo groups is 1. The van der Waals surface area contributed by atoms with Crippen LogP contribution < -0.4 is 15.4 Å². The Labute approximate surface area is 172 Å². The molecular weight excluding hydrogens is 428 g/mol. The van der Waals surface area contributed by atoms with Gasteiger partial charge in [-0.15, -0.1) is 0 Å². The van der Waals surface area contributed by atoms with Gasteiger partial charge in [0.1, 0.15) is 10.8 Å². The van der Waals surface area contributed by atoms with Crippen LogP contribution in [0.4, 0.5) is 28.9 Å². The standard InChI is InChI=1S/C18H15ClF4N6O/c1-28(13-3-2-9(20)6-11(13)18(21,22)23)16-10-4-5-29(8-12(10)25-26-16)14-7-24-27-17(30)15(14)19/h2-3,6-7,16H,4-5,8H2,1H3,(H,27,30). The number of halogens is 5. The van der Waals surface area contributed by atoms with E-state index in [2.05, 4.69) is 20.4 Å². The van der Waals surface area contributed by atoms with Crippen LogP contribution in [0.1, 0.15) is 12.0 Å². The lowest BCUT2D eigenvalue weighted by Crippen LogP contribution is -2.38. The summed E-state index contributed by atoms with van der Waals surface area (Å²) in [5, 5.41) is 14.3. The number of hydrogen-bond donors (Lipinski definition) is 1.